The van der Waals surface area contributed by atoms with E-state index in [-0.39, 0.29) is 12.2 Å². The van der Waals surface area contributed by atoms with E-state index in [1.165, 1.54) is 0 Å². The molecule has 0 radical (unpaired) electrons. The van der Waals surface area contributed by atoms with Crippen molar-refractivity contribution >= 4 is 5.91 Å². The van der Waals surface area contributed by atoms with Gasteiger partial charge in [-0.2, -0.15) is 0 Å². The molecule has 0 aromatic rings. The van der Waals surface area contributed by atoms with Crippen molar-refractivity contribution in [3.05, 3.63) is 0 Å². The van der Waals surface area contributed by atoms with Crippen LogP contribution in [0.25, 0.3) is 0 Å². The predicted molar refractivity (Wildman–Crippen MR) is 54.0 cm³/mol. The van der Waals surface area contributed by atoms with Crippen molar-refractivity contribution in [1.82, 2.24) is 9.80 Å². The second-order valence-electron chi connectivity index (χ2n) is 3.39. The first-order valence-electron chi connectivity index (χ1n) is 4.45. The lowest BCUT2D eigenvalue weighted by Crippen LogP contribution is -2.39. The van der Waals surface area contributed by atoms with Crippen molar-refractivity contribution in [2.75, 3.05) is 48.5 Å². The monoisotopic (exact) mass is 204 g/mol. The Bertz CT molecular complexity index is 169. The number of hydrogen-bond donors (Lipinski definition) is 0. The van der Waals surface area contributed by atoms with Crippen LogP contribution in [-0.2, 0) is 14.3 Å². The van der Waals surface area contributed by atoms with Crippen LogP contribution in [0.5, 0.6) is 0 Å². The maximum atomic E-state index is 11.3. The molecule has 0 saturated heterocycles. The molecule has 0 bridgehead atoms. The number of rotatable bonds is 6. The molecule has 1 amide bonds. The molecule has 0 aromatic carbocycles. The number of amides is 1. The van der Waals surface area contributed by atoms with Gasteiger partial charge >= 0.3 is 0 Å². The highest BCUT2D eigenvalue weighted by molar-refractivity contribution is 5.77. The van der Waals surface area contributed by atoms with Crippen LogP contribution in [0.15, 0.2) is 0 Å². The molecule has 0 saturated carbocycles. The lowest BCUT2D eigenvalue weighted by molar-refractivity contribution is -0.134. The van der Waals surface area contributed by atoms with Crippen molar-refractivity contribution in [2.45, 2.75) is 6.29 Å². The summed E-state index contributed by atoms with van der Waals surface area (Å²) in [6, 6.07) is 0. The van der Waals surface area contributed by atoms with E-state index < -0.39 is 0 Å². The van der Waals surface area contributed by atoms with E-state index in [2.05, 4.69) is 0 Å². The Morgan fingerprint density at radius 1 is 1.21 bits per heavy atom. The van der Waals surface area contributed by atoms with Crippen molar-refractivity contribution in [2.24, 2.45) is 0 Å². The number of ether oxygens (including phenoxy) is 2. The molecule has 5 heteroatoms. The van der Waals surface area contributed by atoms with Crippen LogP contribution < -0.4 is 0 Å². The largest absolute Gasteiger partial charge is 0.355 e. The number of likely N-dealkylation sites (N-methyl/N-ethyl adjacent to an activating group) is 2. The van der Waals surface area contributed by atoms with Crippen LogP contribution in [0, 0.1) is 0 Å². The Morgan fingerprint density at radius 2 is 1.71 bits per heavy atom. The topological polar surface area (TPSA) is 42.0 Å². The highest BCUT2D eigenvalue weighted by atomic mass is 16.7. The van der Waals surface area contributed by atoms with E-state index in [1.54, 1.807) is 33.2 Å². The second-order valence-corrected chi connectivity index (χ2v) is 3.39. The molecule has 0 fully saturated rings. The van der Waals surface area contributed by atoms with Crippen LogP contribution in [0.1, 0.15) is 0 Å². The lowest BCUT2D eigenvalue weighted by Gasteiger charge is -2.22. The Labute approximate surface area is 85.6 Å². The van der Waals surface area contributed by atoms with Crippen LogP contribution in [0.3, 0.4) is 0 Å². The summed E-state index contributed by atoms with van der Waals surface area (Å²) in [7, 11) is 8.48. The lowest BCUT2D eigenvalue weighted by atomic mass is 10.4. The fraction of sp³-hybridized carbons (Fsp3) is 0.889. The molecule has 0 rings (SSSR count). The van der Waals surface area contributed by atoms with Crippen molar-refractivity contribution in [3.8, 4) is 0 Å². The molecular formula is C9H20N2O3. The normalized spacial score (nSPS) is 11.1. The third kappa shape index (κ3) is 5.16. The minimum Gasteiger partial charge on any atom is -0.355 e. The van der Waals surface area contributed by atoms with Crippen molar-refractivity contribution in [3.63, 3.8) is 0 Å². The van der Waals surface area contributed by atoms with Gasteiger partial charge in [0.1, 0.15) is 0 Å². The van der Waals surface area contributed by atoms with Crippen LogP contribution in [0.2, 0.25) is 0 Å². The second kappa shape index (κ2) is 6.75. The van der Waals surface area contributed by atoms with E-state index in [4.69, 9.17) is 9.47 Å². The highest BCUT2D eigenvalue weighted by Gasteiger charge is 2.13. The minimum atomic E-state index is -0.282. The van der Waals surface area contributed by atoms with Gasteiger partial charge in [-0.25, -0.2) is 0 Å². The van der Waals surface area contributed by atoms with Crippen molar-refractivity contribution < 1.29 is 14.3 Å². The number of carbonyl (C=O) groups is 1. The summed E-state index contributed by atoms with van der Waals surface area (Å²) < 4.78 is 10.0. The number of hydrogen-bond acceptors (Lipinski definition) is 4. The van der Waals surface area contributed by atoms with Crippen molar-refractivity contribution in [1.29, 1.82) is 0 Å². The van der Waals surface area contributed by atoms with Gasteiger partial charge in [-0.05, 0) is 7.05 Å². The molecule has 0 spiro atoms. The third-order valence-electron chi connectivity index (χ3n) is 1.89. The first-order valence-corrected chi connectivity index (χ1v) is 4.45. The Kier molecular flexibility index (Phi) is 6.44. The summed E-state index contributed by atoms with van der Waals surface area (Å²) in [5, 5.41) is 0. The average molecular weight is 204 g/mol. The van der Waals surface area contributed by atoms with Crippen LogP contribution in [0.4, 0.5) is 0 Å². The Hall–Kier alpha value is -0.650. The quantitative estimate of drug-likeness (QED) is 0.553. The molecule has 0 aliphatic carbocycles. The zero-order valence-corrected chi connectivity index (χ0v) is 9.61. The molecule has 0 aromatic heterocycles. The van der Waals surface area contributed by atoms with E-state index >= 15 is 0 Å². The van der Waals surface area contributed by atoms with Gasteiger partial charge < -0.3 is 14.4 Å². The number of carbonyl (C=O) groups excluding carboxylic acids is 1. The summed E-state index contributed by atoms with van der Waals surface area (Å²) in [6.07, 6.45) is -0.282. The van der Waals surface area contributed by atoms with Crippen LogP contribution in [-0.4, -0.2) is 70.4 Å². The fourth-order valence-electron chi connectivity index (χ4n) is 0.937. The summed E-state index contributed by atoms with van der Waals surface area (Å²) >= 11 is 0. The molecule has 14 heavy (non-hydrogen) atoms. The average Bonchev–Trinajstić information content (AvgIpc) is 2.13. The van der Waals surface area contributed by atoms with Gasteiger partial charge in [0.25, 0.3) is 0 Å². The third-order valence-corrected chi connectivity index (χ3v) is 1.89. The summed E-state index contributed by atoms with van der Waals surface area (Å²) in [4.78, 5) is 14.7. The molecule has 0 heterocycles. The van der Waals surface area contributed by atoms with Gasteiger partial charge in [-0.1, -0.05) is 0 Å². The van der Waals surface area contributed by atoms with Gasteiger partial charge in [0.2, 0.25) is 5.91 Å². The SMILES string of the molecule is COC(CN(C)CC(=O)N(C)C)OC. The van der Waals surface area contributed by atoms with Gasteiger partial charge in [-0.15, -0.1) is 0 Å². The zero-order valence-electron chi connectivity index (χ0n) is 9.61. The van der Waals surface area contributed by atoms with E-state index in [9.17, 15) is 4.79 Å². The first-order chi connectivity index (χ1) is 6.51. The fourth-order valence-corrected chi connectivity index (χ4v) is 0.937. The molecule has 84 valence electrons. The summed E-state index contributed by atoms with van der Waals surface area (Å²) in [6.45, 7) is 0.947. The summed E-state index contributed by atoms with van der Waals surface area (Å²) in [5.74, 6) is 0.0680. The maximum absolute atomic E-state index is 11.3. The zero-order chi connectivity index (χ0) is 11.1. The number of methoxy groups -OCH3 is 2. The minimum absolute atomic E-state index is 0.0680. The van der Waals surface area contributed by atoms with E-state index in [0.717, 1.165) is 0 Å². The Morgan fingerprint density at radius 3 is 2.07 bits per heavy atom. The first kappa shape index (κ1) is 13.4. The maximum Gasteiger partial charge on any atom is 0.236 e. The molecule has 5 nitrogen and oxygen atoms in total. The van der Waals surface area contributed by atoms with Gasteiger partial charge in [0.05, 0.1) is 6.54 Å². The van der Waals surface area contributed by atoms with Gasteiger partial charge in [0.15, 0.2) is 6.29 Å². The highest BCUT2D eigenvalue weighted by Crippen LogP contribution is 1.95. The molecule has 0 unspecified atom stereocenters. The molecular weight excluding hydrogens is 184 g/mol. The smallest absolute Gasteiger partial charge is 0.236 e. The predicted octanol–water partition coefficient (Wildman–Crippen LogP) is -0.375. The number of nitrogens with zero attached hydrogens (tertiary/aromatic N) is 2. The van der Waals surface area contributed by atoms with Crippen LogP contribution >= 0.6 is 0 Å². The molecule has 0 aliphatic rings. The molecule has 0 atom stereocenters. The van der Waals surface area contributed by atoms with Gasteiger partial charge in [-0.3, -0.25) is 9.69 Å². The molecule has 0 aliphatic heterocycles. The standard InChI is InChI=1S/C9H20N2O3/c1-10(2)8(12)6-11(3)7-9(13-4)14-5/h9H,6-7H2,1-5H3. The van der Waals surface area contributed by atoms with E-state index in [0.29, 0.717) is 13.1 Å². The van der Waals surface area contributed by atoms with Gasteiger partial charge in [0, 0.05) is 34.9 Å². The summed E-state index contributed by atoms with van der Waals surface area (Å²) in [5.41, 5.74) is 0. The Balaban J connectivity index is 3.84. The van der Waals surface area contributed by atoms with E-state index in [1.807, 2.05) is 11.9 Å². The molecule has 0 N–H and O–H groups in total.